The van der Waals surface area contributed by atoms with Crippen LogP contribution in [0.15, 0.2) is 24.3 Å². The lowest BCUT2D eigenvalue weighted by molar-refractivity contribution is -0.125. The lowest BCUT2D eigenvalue weighted by Crippen LogP contribution is -2.49. The van der Waals surface area contributed by atoms with Crippen LogP contribution in [-0.4, -0.2) is 71.4 Å². The van der Waals surface area contributed by atoms with Crippen LogP contribution < -0.4 is 5.32 Å². The minimum Gasteiger partial charge on any atom is -0.331 e. The molecule has 2 aliphatic heterocycles. The Kier molecular flexibility index (Phi) is 4.85. The summed E-state index contributed by atoms with van der Waals surface area (Å²) < 4.78 is 0. The van der Waals surface area contributed by atoms with Crippen molar-refractivity contribution >= 4 is 11.9 Å². The summed E-state index contributed by atoms with van der Waals surface area (Å²) >= 11 is 0. The quantitative estimate of drug-likeness (QED) is 0.700. The Morgan fingerprint density at radius 1 is 1.06 bits per heavy atom. The molecule has 0 bridgehead atoms. The van der Waals surface area contributed by atoms with Crippen molar-refractivity contribution in [3.8, 4) is 0 Å². The van der Waals surface area contributed by atoms with E-state index < -0.39 is 0 Å². The molecule has 4 fully saturated rings. The highest BCUT2D eigenvalue weighted by Crippen LogP contribution is 2.65. The van der Waals surface area contributed by atoms with Gasteiger partial charge in [0.25, 0.3) is 0 Å². The number of hydrogen-bond donors (Lipinski definition) is 1. The summed E-state index contributed by atoms with van der Waals surface area (Å²) in [5, 5.41) is 3.24. The largest absolute Gasteiger partial charge is 0.331 e. The number of carbonyl (C=O) groups excluding carboxylic acids is 2. The molecule has 1 aromatic carbocycles. The lowest BCUT2D eigenvalue weighted by atomic mass is 9.63. The van der Waals surface area contributed by atoms with E-state index >= 15 is 0 Å². The van der Waals surface area contributed by atoms with Crippen molar-refractivity contribution in [2.75, 3.05) is 27.2 Å². The topological polar surface area (TPSA) is 55.7 Å². The molecule has 178 valence electrons. The van der Waals surface area contributed by atoms with Gasteiger partial charge in [-0.1, -0.05) is 24.3 Å². The maximum atomic E-state index is 12.3. The normalized spacial score (nSPS) is 36.2. The van der Waals surface area contributed by atoms with Gasteiger partial charge in [-0.05, 0) is 86.9 Å². The van der Waals surface area contributed by atoms with Gasteiger partial charge >= 0.3 is 6.03 Å². The maximum absolute atomic E-state index is 12.3. The molecule has 3 amide bonds. The first kappa shape index (κ1) is 21.5. The van der Waals surface area contributed by atoms with Crippen molar-refractivity contribution in [1.29, 1.82) is 0 Å². The zero-order valence-corrected chi connectivity index (χ0v) is 20.3. The van der Waals surface area contributed by atoms with E-state index in [4.69, 9.17) is 0 Å². The van der Waals surface area contributed by atoms with Gasteiger partial charge in [0, 0.05) is 27.1 Å². The van der Waals surface area contributed by atoms with E-state index in [1.54, 1.807) is 25.9 Å². The first-order chi connectivity index (χ1) is 15.9. The Morgan fingerprint density at radius 3 is 2.52 bits per heavy atom. The summed E-state index contributed by atoms with van der Waals surface area (Å²) in [5.74, 6) is 1.02. The second kappa shape index (κ2) is 7.46. The molecule has 0 aromatic heterocycles. The molecule has 2 heterocycles. The monoisotopic (exact) mass is 450 g/mol. The minimum atomic E-state index is -0.00952. The molecule has 6 heteroatoms. The molecule has 2 saturated carbocycles. The van der Waals surface area contributed by atoms with E-state index in [0.29, 0.717) is 12.1 Å². The van der Waals surface area contributed by atoms with Gasteiger partial charge < -0.3 is 20.0 Å². The predicted molar refractivity (Wildman–Crippen MR) is 128 cm³/mol. The molecule has 5 atom stereocenters. The number of fused-ring (bicyclic) bond motifs is 2. The number of likely N-dealkylation sites (tertiary alicyclic amines) is 2. The van der Waals surface area contributed by atoms with Crippen LogP contribution in [-0.2, 0) is 10.2 Å². The van der Waals surface area contributed by atoms with Gasteiger partial charge in [-0.3, -0.25) is 4.79 Å². The van der Waals surface area contributed by atoms with Gasteiger partial charge in [0.1, 0.15) is 0 Å². The highest BCUT2D eigenvalue weighted by atomic mass is 16.2. The number of nitrogens with zero attached hydrogens (tertiary/aromatic N) is 3. The molecule has 1 N–H and O–H groups in total. The molecular weight excluding hydrogens is 412 g/mol. The summed E-state index contributed by atoms with van der Waals surface area (Å²) in [4.78, 5) is 31.1. The third-order valence-corrected chi connectivity index (χ3v) is 10.0. The SMILES string of the molecule is CC(=O)N1C2CCC3CC(N4CCC5(CC[C@@H](NC(=O)N(C)C)c6ccccc65)CC4)CC321. The summed E-state index contributed by atoms with van der Waals surface area (Å²) in [6.45, 7) is 4.07. The summed E-state index contributed by atoms with van der Waals surface area (Å²) in [6, 6.07) is 10.1. The smallest absolute Gasteiger partial charge is 0.317 e. The minimum absolute atomic E-state index is 0.00952. The Balaban J connectivity index is 1.16. The highest BCUT2D eigenvalue weighted by Gasteiger charge is 2.74. The number of amides is 3. The Morgan fingerprint density at radius 2 is 1.82 bits per heavy atom. The molecule has 5 aliphatic rings. The van der Waals surface area contributed by atoms with E-state index in [1.807, 2.05) is 0 Å². The van der Waals surface area contributed by atoms with E-state index in [-0.39, 0.29) is 28.9 Å². The molecule has 3 aliphatic carbocycles. The first-order valence-corrected chi connectivity index (χ1v) is 13.0. The van der Waals surface area contributed by atoms with Gasteiger partial charge in [0.15, 0.2) is 0 Å². The Bertz CT molecular complexity index is 969. The Labute approximate surface area is 197 Å². The summed E-state index contributed by atoms with van der Waals surface area (Å²) in [6.07, 6.45) is 9.58. The molecule has 2 spiro atoms. The zero-order valence-electron chi connectivity index (χ0n) is 20.3. The number of rotatable bonds is 2. The van der Waals surface area contributed by atoms with Crippen LogP contribution in [0.2, 0.25) is 0 Å². The van der Waals surface area contributed by atoms with Crippen LogP contribution in [0.1, 0.15) is 75.5 Å². The van der Waals surface area contributed by atoms with Crippen LogP contribution in [0.4, 0.5) is 4.79 Å². The average molecular weight is 451 g/mol. The molecule has 6 rings (SSSR count). The molecule has 2 saturated heterocycles. The molecule has 6 nitrogen and oxygen atoms in total. The molecule has 4 unspecified atom stereocenters. The van der Waals surface area contributed by atoms with Crippen LogP contribution >= 0.6 is 0 Å². The fourth-order valence-electron chi connectivity index (χ4n) is 8.43. The third-order valence-electron chi connectivity index (χ3n) is 10.0. The summed E-state index contributed by atoms with van der Waals surface area (Å²) in [7, 11) is 3.61. The highest BCUT2D eigenvalue weighted by molar-refractivity contribution is 5.79. The fourth-order valence-corrected chi connectivity index (χ4v) is 8.43. The third kappa shape index (κ3) is 3.09. The molecule has 33 heavy (non-hydrogen) atoms. The van der Waals surface area contributed by atoms with Crippen molar-refractivity contribution < 1.29 is 9.59 Å². The Hall–Kier alpha value is -2.08. The van der Waals surface area contributed by atoms with Crippen LogP contribution in [0.5, 0.6) is 0 Å². The van der Waals surface area contributed by atoms with E-state index in [0.717, 1.165) is 31.8 Å². The van der Waals surface area contributed by atoms with Crippen LogP contribution in [0, 0.1) is 5.92 Å². The first-order valence-electron chi connectivity index (χ1n) is 13.0. The second-order valence-electron chi connectivity index (χ2n) is 11.6. The number of urea groups is 1. The number of benzene rings is 1. The number of piperidine rings is 2. The standard InChI is InChI=1S/C27H38N4O2/c1-18(32)31-24-9-8-19-16-20(17-27(19,24)31)30-14-12-26(13-15-30)11-10-23(28-25(33)29(2)3)21-6-4-5-7-22(21)26/h4-7,19-20,23-24H,8-17H2,1-3H3,(H,28,33)/t19?,20?,23-,24?,27?,31?/m1/s1. The van der Waals surface area contributed by atoms with Crippen LogP contribution in [0.25, 0.3) is 0 Å². The zero-order chi connectivity index (χ0) is 23.0. The molecule has 0 radical (unpaired) electrons. The van der Waals surface area contributed by atoms with Gasteiger partial charge in [-0.15, -0.1) is 0 Å². The van der Waals surface area contributed by atoms with E-state index in [2.05, 4.69) is 39.4 Å². The average Bonchev–Trinajstić information content (AvgIpc) is 3.08. The van der Waals surface area contributed by atoms with E-state index in [1.165, 1.54) is 49.7 Å². The van der Waals surface area contributed by atoms with Crippen molar-refractivity contribution in [1.82, 2.24) is 20.0 Å². The van der Waals surface area contributed by atoms with Gasteiger partial charge in [0.05, 0.1) is 17.6 Å². The van der Waals surface area contributed by atoms with Crippen molar-refractivity contribution in [3.05, 3.63) is 35.4 Å². The maximum Gasteiger partial charge on any atom is 0.317 e. The van der Waals surface area contributed by atoms with Crippen molar-refractivity contribution in [3.63, 3.8) is 0 Å². The van der Waals surface area contributed by atoms with Gasteiger partial charge in [-0.25, -0.2) is 4.79 Å². The second-order valence-corrected chi connectivity index (χ2v) is 11.6. The molecule has 1 aromatic rings. The predicted octanol–water partition coefficient (Wildman–Crippen LogP) is 3.67. The summed E-state index contributed by atoms with van der Waals surface area (Å²) in [5.41, 5.74) is 3.25. The number of nitrogens with one attached hydrogen (secondary N) is 1. The van der Waals surface area contributed by atoms with Gasteiger partial charge in [-0.2, -0.15) is 0 Å². The molecular formula is C27H38N4O2. The van der Waals surface area contributed by atoms with Gasteiger partial charge in [0.2, 0.25) is 5.91 Å². The van der Waals surface area contributed by atoms with Crippen molar-refractivity contribution in [2.24, 2.45) is 5.92 Å². The van der Waals surface area contributed by atoms with Crippen molar-refractivity contribution in [2.45, 2.75) is 87.4 Å². The number of hydrogen-bond acceptors (Lipinski definition) is 3. The van der Waals surface area contributed by atoms with E-state index in [9.17, 15) is 9.59 Å². The lowest BCUT2D eigenvalue weighted by Gasteiger charge is -2.48. The fraction of sp³-hybridized carbons (Fsp3) is 0.704. The van der Waals surface area contributed by atoms with Crippen LogP contribution in [0.3, 0.4) is 0 Å². The number of carbonyl (C=O) groups is 2.